The summed E-state index contributed by atoms with van der Waals surface area (Å²) in [7, 11) is 1.71. The summed E-state index contributed by atoms with van der Waals surface area (Å²) in [6.07, 6.45) is 2.27. The van der Waals surface area contributed by atoms with Crippen LogP contribution in [0.2, 0.25) is 5.02 Å². The molecule has 1 saturated heterocycles. The lowest BCUT2D eigenvalue weighted by Crippen LogP contribution is -2.08. The molecule has 6 heteroatoms. The second-order valence-electron chi connectivity index (χ2n) is 4.43. The fourth-order valence-corrected chi connectivity index (χ4v) is 4.62. The SMILES string of the molecule is O=S(=O)(Cl)Cc1ccc(C2CCSCC2)c(Cl)c1. The quantitative estimate of drug-likeness (QED) is 0.787. The lowest BCUT2D eigenvalue weighted by atomic mass is 9.93. The number of thioether (sulfide) groups is 1. The van der Waals surface area contributed by atoms with E-state index in [2.05, 4.69) is 0 Å². The molecule has 0 atom stereocenters. The highest BCUT2D eigenvalue weighted by atomic mass is 35.7. The lowest BCUT2D eigenvalue weighted by Gasteiger charge is -2.22. The molecule has 0 bridgehead atoms. The zero-order valence-corrected chi connectivity index (χ0v) is 12.9. The van der Waals surface area contributed by atoms with Gasteiger partial charge in [0, 0.05) is 15.7 Å². The van der Waals surface area contributed by atoms with Gasteiger partial charge in [0.1, 0.15) is 0 Å². The van der Waals surface area contributed by atoms with Crippen molar-refractivity contribution in [2.45, 2.75) is 24.5 Å². The molecule has 1 aliphatic heterocycles. The summed E-state index contributed by atoms with van der Waals surface area (Å²) in [5, 5.41) is 0.657. The Kier molecular flexibility index (Phi) is 4.86. The third-order valence-electron chi connectivity index (χ3n) is 3.07. The predicted molar refractivity (Wildman–Crippen MR) is 79.2 cm³/mol. The van der Waals surface area contributed by atoms with Gasteiger partial charge < -0.3 is 0 Å². The molecule has 0 saturated carbocycles. The molecule has 0 N–H and O–H groups in total. The van der Waals surface area contributed by atoms with Crippen molar-refractivity contribution >= 4 is 43.1 Å². The fraction of sp³-hybridized carbons (Fsp3) is 0.500. The van der Waals surface area contributed by atoms with Crippen LogP contribution < -0.4 is 0 Å². The Morgan fingerprint density at radius 3 is 2.50 bits per heavy atom. The Hall–Kier alpha value is 0.1000. The Balaban J connectivity index is 2.19. The van der Waals surface area contributed by atoms with Crippen molar-refractivity contribution in [3.8, 4) is 0 Å². The van der Waals surface area contributed by atoms with Crippen molar-refractivity contribution in [2.75, 3.05) is 11.5 Å². The van der Waals surface area contributed by atoms with Gasteiger partial charge in [0.2, 0.25) is 9.05 Å². The van der Waals surface area contributed by atoms with Crippen LogP contribution in [0.15, 0.2) is 18.2 Å². The molecule has 1 aromatic rings. The Morgan fingerprint density at radius 2 is 1.94 bits per heavy atom. The van der Waals surface area contributed by atoms with Gasteiger partial charge in [0.05, 0.1) is 5.75 Å². The summed E-state index contributed by atoms with van der Waals surface area (Å²) in [5.74, 6) is 2.66. The highest BCUT2D eigenvalue weighted by Crippen LogP contribution is 2.35. The van der Waals surface area contributed by atoms with Gasteiger partial charge >= 0.3 is 0 Å². The topological polar surface area (TPSA) is 34.1 Å². The summed E-state index contributed by atoms with van der Waals surface area (Å²) in [6, 6.07) is 5.47. The Labute approximate surface area is 121 Å². The van der Waals surface area contributed by atoms with E-state index in [1.807, 2.05) is 23.9 Å². The van der Waals surface area contributed by atoms with Crippen LogP contribution in [0.4, 0.5) is 0 Å². The zero-order valence-electron chi connectivity index (χ0n) is 9.73. The van der Waals surface area contributed by atoms with Gasteiger partial charge in [0.25, 0.3) is 0 Å². The highest BCUT2D eigenvalue weighted by molar-refractivity contribution is 8.13. The van der Waals surface area contributed by atoms with Crippen molar-refractivity contribution in [3.63, 3.8) is 0 Å². The average molecular weight is 325 g/mol. The van der Waals surface area contributed by atoms with E-state index in [9.17, 15) is 8.42 Å². The van der Waals surface area contributed by atoms with E-state index in [0.29, 0.717) is 16.5 Å². The van der Waals surface area contributed by atoms with Gasteiger partial charge in [-0.2, -0.15) is 11.8 Å². The van der Waals surface area contributed by atoms with Crippen molar-refractivity contribution < 1.29 is 8.42 Å². The van der Waals surface area contributed by atoms with E-state index in [1.54, 1.807) is 6.07 Å². The van der Waals surface area contributed by atoms with Crippen molar-refractivity contribution in [1.29, 1.82) is 0 Å². The van der Waals surface area contributed by atoms with E-state index < -0.39 is 9.05 Å². The molecule has 1 heterocycles. The molecule has 0 aliphatic carbocycles. The normalized spacial score (nSPS) is 17.9. The first kappa shape index (κ1) is 14.5. The van der Waals surface area contributed by atoms with Gasteiger partial charge in [-0.3, -0.25) is 0 Å². The molecule has 1 aliphatic rings. The summed E-state index contributed by atoms with van der Waals surface area (Å²) in [4.78, 5) is 0. The summed E-state index contributed by atoms with van der Waals surface area (Å²) in [6.45, 7) is 0. The van der Waals surface area contributed by atoms with Crippen LogP contribution >= 0.6 is 34.0 Å². The smallest absolute Gasteiger partial charge is 0.212 e. The minimum absolute atomic E-state index is 0.172. The van der Waals surface area contributed by atoms with Crippen LogP contribution in [0.5, 0.6) is 0 Å². The molecule has 18 heavy (non-hydrogen) atoms. The third kappa shape index (κ3) is 4.05. The van der Waals surface area contributed by atoms with Crippen LogP contribution in [-0.4, -0.2) is 19.9 Å². The molecule has 0 radical (unpaired) electrons. The molecule has 100 valence electrons. The van der Waals surface area contributed by atoms with E-state index >= 15 is 0 Å². The van der Waals surface area contributed by atoms with Crippen LogP contribution in [0.1, 0.15) is 29.9 Å². The van der Waals surface area contributed by atoms with Gasteiger partial charge in [-0.15, -0.1) is 0 Å². The number of benzene rings is 1. The predicted octanol–water partition coefficient (Wildman–Crippen LogP) is 4.02. The molecule has 0 aromatic heterocycles. The first-order chi connectivity index (χ1) is 8.46. The molecule has 1 fully saturated rings. The molecule has 0 unspecified atom stereocenters. The van der Waals surface area contributed by atoms with Gasteiger partial charge in [-0.1, -0.05) is 23.7 Å². The second kappa shape index (κ2) is 6.04. The monoisotopic (exact) mass is 324 g/mol. The molecular weight excluding hydrogens is 311 g/mol. The number of hydrogen-bond donors (Lipinski definition) is 0. The molecular formula is C12H14Cl2O2S2. The second-order valence-corrected chi connectivity index (χ2v) is 8.83. The molecule has 2 rings (SSSR count). The summed E-state index contributed by atoms with van der Waals surface area (Å²) < 4.78 is 22.0. The highest BCUT2D eigenvalue weighted by Gasteiger charge is 2.19. The Morgan fingerprint density at radius 1 is 1.28 bits per heavy atom. The van der Waals surface area contributed by atoms with Crippen LogP contribution in [-0.2, 0) is 14.8 Å². The van der Waals surface area contributed by atoms with Crippen molar-refractivity contribution in [2.24, 2.45) is 0 Å². The van der Waals surface area contributed by atoms with Gasteiger partial charge in [-0.05, 0) is 47.5 Å². The third-order valence-corrected chi connectivity index (χ3v) is 5.45. The number of rotatable bonds is 3. The first-order valence-electron chi connectivity index (χ1n) is 5.74. The molecule has 0 amide bonds. The average Bonchev–Trinajstić information content (AvgIpc) is 2.28. The lowest BCUT2D eigenvalue weighted by molar-refractivity contribution is 0.609. The zero-order chi connectivity index (χ0) is 13.2. The van der Waals surface area contributed by atoms with E-state index in [4.69, 9.17) is 22.3 Å². The maximum Gasteiger partial charge on any atom is 0.236 e. The molecule has 2 nitrogen and oxygen atoms in total. The van der Waals surface area contributed by atoms with E-state index in [-0.39, 0.29) is 5.75 Å². The summed E-state index contributed by atoms with van der Waals surface area (Å²) >= 11 is 8.22. The minimum Gasteiger partial charge on any atom is -0.212 e. The van der Waals surface area contributed by atoms with Crippen LogP contribution in [0, 0.1) is 0 Å². The number of halogens is 2. The van der Waals surface area contributed by atoms with E-state index in [0.717, 1.165) is 18.4 Å². The largest absolute Gasteiger partial charge is 0.236 e. The van der Waals surface area contributed by atoms with Crippen molar-refractivity contribution in [3.05, 3.63) is 34.3 Å². The van der Waals surface area contributed by atoms with Gasteiger partial charge in [-0.25, -0.2) is 8.42 Å². The maximum atomic E-state index is 11.0. The summed E-state index contributed by atoms with van der Waals surface area (Å²) in [5.41, 5.74) is 1.77. The van der Waals surface area contributed by atoms with Crippen LogP contribution in [0.25, 0.3) is 0 Å². The fourth-order valence-electron chi connectivity index (χ4n) is 2.20. The minimum atomic E-state index is -3.52. The Bertz CT molecular complexity index is 523. The van der Waals surface area contributed by atoms with Gasteiger partial charge in [0.15, 0.2) is 0 Å². The molecule has 0 spiro atoms. The van der Waals surface area contributed by atoms with Crippen LogP contribution in [0.3, 0.4) is 0 Å². The number of hydrogen-bond acceptors (Lipinski definition) is 3. The van der Waals surface area contributed by atoms with Crippen molar-refractivity contribution in [1.82, 2.24) is 0 Å². The standard InChI is InChI=1S/C12H14Cl2O2S2/c13-12-7-9(8-18(14,15)16)1-2-11(12)10-3-5-17-6-4-10/h1-2,7,10H,3-6,8H2. The first-order valence-corrected chi connectivity index (χ1v) is 9.75. The van der Waals surface area contributed by atoms with E-state index in [1.165, 1.54) is 11.5 Å². The maximum absolute atomic E-state index is 11.0. The molecule has 1 aromatic carbocycles.